The fraction of sp³-hybridized carbons (Fsp3) is 0.300. The summed E-state index contributed by atoms with van der Waals surface area (Å²) in [6, 6.07) is 8.90. The van der Waals surface area contributed by atoms with E-state index in [9.17, 15) is 4.79 Å². The zero-order chi connectivity index (χ0) is 19.7. The number of hydrogen-bond donors (Lipinski definition) is 0. The van der Waals surface area contributed by atoms with Crippen molar-refractivity contribution < 1.29 is 23.7 Å². The number of fused-ring (bicyclic) bond motifs is 2. The smallest absolute Gasteiger partial charge is 0.279 e. The van der Waals surface area contributed by atoms with Crippen LogP contribution < -0.4 is 23.7 Å². The molecule has 0 bridgehead atoms. The van der Waals surface area contributed by atoms with Gasteiger partial charge in [0.15, 0.2) is 27.8 Å². The van der Waals surface area contributed by atoms with Gasteiger partial charge in [-0.25, -0.2) is 0 Å². The number of thiazole rings is 1. The van der Waals surface area contributed by atoms with E-state index in [-0.39, 0.29) is 5.91 Å². The summed E-state index contributed by atoms with van der Waals surface area (Å²) in [6.45, 7) is 3.76. The van der Waals surface area contributed by atoms with Crippen molar-refractivity contribution in [1.82, 2.24) is 4.57 Å². The number of carbonyl (C=O) groups is 1. The molecule has 2 aromatic carbocycles. The highest BCUT2D eigenvalue weighted by atomic mass is 32.1. The summed E-state index contributed by atoms with van der Waals surface area (Å²) in [7, 11) is 3.09. The number of ether oxygens (including phenoxy) is 4. The van der Waals surface area contributed by atoms with Gasteiger partial charge in [-0.05, 0) is 25.1 Å². The van der Waals surface area contributed by atoms with Crippen LogP contribution in [0.4, 0.5) is 0 Å². The molecule has 0 aliphatic carbocycles. The van der Waals surface area contributed by atoms with Gasteiger partial charge < -0.3 is 23.5 Å². The SMILES string of the molecule is CCn1c(=NC(=O)c2ccc(OC)c(OC)c2)sc2cc3c(cc21)OCCO3. The van der Waals surface area contributed by atoms with E-state index in [1.165, 1.54) is 18.4 Å². The molecule has 8 heteroatoms. The van der Waals surface area contributed by atoms with Crippen LogP contribution in [0.5, 0.6) is 23.0 Å². The standard InChI is InChI=1S/C20H20N2O5S/c1-4-22-13-10-16-17(27-8-7-26-16)11-18(13)28-20(22)21-19(23)12-5-6-14(24-2)15(9-12)25-3/h5-6,9-11H,4,7-8H2,1-3H3. The van der Waals surface area contributed by atoms with Gasteiger partial charge in [-0.15, -0.1) is 0 Å². The lowest BCUT2D eigenvalue weighted by Gasteiger charge is -2.18. The van der Waals surface area contributed by atoms with Crippen LogP contribution in [0.2, 0.25) is 0 Å². The van der Waals surface area contributed by atoms with Crippen molar-refractivity contribution >= 4 is 27.5 Å². The molecule has 0 unspecified atom stereocenters. The molecule has 2 heterocycles. The Morgan fingerprint density at radius 2 is 1.82 bits per heavy atom. The van der Waals surface area contributed by atoms with E-state index in [2.05, 4.69) is 4.99 Å². The van der Waals surface area contributed by atoms with E-state index in [0.717, 1.165) is 21.7 Å². The van der Waals surface area contributed by atoms with Crippen molar-refractivity contribution in [3.05, 3.63) is 40.7 Å². The second kappa shape index (κ2) is 7.55. The first-order valence-corrected chi connectivity index (χ1v) is 9.70. The van der Waals surface area contributed by atoms with Gasteiger partial charge in [0.05, 0.1) is 24.4 Å². The van der Waals surface area contributed by atoms with Crippen LogP contribution >= 0.6 is 11.3 Å². The molecule has 1 aliphatic heterocycles. The van der Waals surface area contributed by atoms with Crippen LogP contribution in [0.3, 0.4) is 0 Å². The predicted molar refractivity (Wildman–Crippen MR) is 106 cm³/mol. The van der Waals surface area contributed by atoms with Crippen LogP contribution in [0.15, 0.2) is 35.3 Å². The van der Waals surface area contributed by atoms with Crippen molar-refractivity contribution in [2.24, 2.45) is 4.99 Å². The molecule has 0 N–H and O–H groups in total. The number of benzene rings is 2. The average Bonchev–Trinajstić information content (AvgIpc) is 3.06. The van der Waals surface area contributed by atoms with E-state index >= 15 is 0 Å². The molecular weight excluding hydrogens is 380 g/mol. The van der Waals surface area contributed by atoms with Gasteiger partial charge in [-0.1, -0.05) is 11.3 Å². The number of rotatable bonds is 4. The zero-order valence-corrected chi connectivity index (χ0v) is 16.7. The minimum Gasteiger partial charge on any atom is -0.493 e. The lowest BCUT2D eigenvalue weighted by Crippen LogP contribution is -2.17. The Labute approximate surface area is 165 Å². The van der Waals surface area contributed by atoms with Crippen molar-refractivity contribution in [1.29, 1.82) is 0 Å². The second-order valence-corrected chi connectivity index (χ2v) is 7.09. The fourth-order valence-electron chi connectivity index (χ4n) is 3.12. The lowest BCUT2D eigenvalue weighted by atomic mass is 10.2. The molecule has 7 nitrogen and oxygen atoms in total. The number of aromatic nitrogens is 1. The molecule has 0 saturated carbocycles. The summed E-state index contributed by atoms with van der Waals surface area (Å²) < 4.78 is 24.8. The molecule has 146 valence electrons. The summed E-state index contributed by atoms with van der Waals surface area (Å²) in [6.07, 6.45) is 0. The Bertz CT molecular complexity index is 1120. The number of methoxy groups -OCH3 is 2. The Hall–Kier alpha value is -3.00. The number of amides is 1. The molecule has 0 atom stereocenters. The maximum atomic E-state index is 12.8. The fourth-order valence-corrected chi connectivity index (χ4v) is 4.22. The summed E-state index contributed by atoms with van der Waals surface area (Å²) in [5.74, 6) is 2.16. The van der Waals surface area contributed by atoms with Gasteiger partial charge in [-0.2, -0.15) is 4.99 Å². The van der Waals surface area contributed by atoms with Crippen LogP contribution in [-0.4, -0.2) is 37.9 Å². The Morgan fingerprint density at radius 1 is 1.11 bits per heavy atom. The quantitative estimate of drug-likeness (QED) is 0.672. The van der Waals surface area contributed by atoms with Crippen molar-refractivity contribution in [3.8, 4) is 23.0 Å². The van der Waals surface area contributed by atoms with E-state index in [1.54, 1.807) is 25.3 Å². The molecule has 0 spiro atoms. The molecule has 0 saturated heterocycles. The van der Waals surface area contributed by atoms with E-state index in [4.69, 9.17) is 18.9 Å². The first-order chi connectivity index (χ1) is 13.6. The Balaban J connectivity index is 1.79. The molecule has 1 aliphatic rings. The van der Waals surface area contributed by atoms with Crippen LogP contribution in [-0.2, 0) is 6.54 Å². The minimum absolute atomic E-state index is 0.341. The monoisotopic (exact) mass is 400 g/mol. The summed E-state index contributed by atoms with van der Waals surface area (Å²) in [4.78, 5) is 17.7. The lowest BCUT2D eigenvalue weighted by molar-refractivity contribution is 0.0997. The Morgan fingerprint density at radius 3 is 2.50 bits per heavy atom. The molecule has 1 aromatic heterocycles. The molecule has 0 radical (unpaired) electrons. The maximum Gasteiger partial charge on any atom is 0.279 e. The molecule has 1 amide bonds. The summed E-state index contributed by atoms with van der Waals surface area (Å²) >= 11 is 1.45. The van der Waals surface area contributed by atoms with Crippen molar-refractivity contribution in [2.75, 3.05) is 27.4 Å². The topological polar surface area (TPSA) is 71.3 Å². The first kappa shape index (κ1) is 18.4. The van der Waals surface area contributed by atoms with Crippen molar-refractivity contribution in [2.45, 2.75) is 13.5 Å². The highest BCUT2D eigenvalue weighted by Gasteiger charge is 2.17. The van der Waals surface area contributed by atoms with Crippen LogP contribution in [0.25, 0.3) is 10.2 Å². The predicted octanol–water partition coefficient (Wildman–Crippen LogP) is 3.25. The number of aryl methyl sites for hydroxylation is 1. The third-order valence-corrected chi connectivity index (χ3v) is 5.53. The normalized spacial score (nSPS) is 13.6. The number of nitrogens with zero attached hydrogens (tertiary/aromatic N) is 2. The third kappa shape index (κ3) is 3.20. The van der Waals surface area contributed by atoms with Gasteiger partial charge in [-0.3, -0.25) is 4.79 Å². The van der Waals surface area contributed by atoms with E-state index in [1.807, 2.05) is 23.6 Å². The highest BCUT2D eigenvalue weighted by molar-refractivity contribution is 7.16. The molecule has 28 heavy (non-hydrogen) atoms. The van der Waals surface area contributed by atoms with Gasteiger partial charge in [0, 0.05) is 24.2 Å². The van der Waals surface area contributed by atoms with Crippen LogP contribution in [0.1, 0.15) is 17.3 Å². The van der Waals surface area contributed by atoms with Crippen molar-refractivity contribution in [3.63, 3.8) is 0 Å². The molecule has 3 aromatic rings. The van der Waals surface area contributed by atoms with Gasteiger partial charge >= 0.3 is 0 Å². The number of hydrogen-bond acceptors (Lipinski definition) is 6. The van der Waals surface area contributed by atoms with Gasteiger partial charge in [0.2, 0.25) is 0 Å². The number of carbonyl (C=O) groups excluding carboxylic acids is 1. The Kier molecular flexibility index (Phi) is 4.95. The average molecular weight is 400 g/mol. The maximum absolute atomic E-state index is 12.8. The van der Waals surface area contributed by atoms with Gasteiger partial charge in [0.1, 0.15) is 13.2 Å². The zero-order valence-electron chi connectivity index (χ0n) is 15.9. The molecule has 4 rings (SSSR count). The van der Waals surface area contributed by atoms with E-state index in [0.29, 0.717) is 41.6 Å². The summed E-state index contributed by atoms with van der Waals surface area (Å²) in [5.41, 5.74) is 1.40. The van der Waals surface area contributed by atoms with Crippen LogP contribution in [0, 0.1) is 0 Å². The second-order valence-electron chi connectivity index (χ2n) is 6.08. The summed E-state index contributed by atoms with van der Waals surface area (Å²) in [5, 5.41) is 0. The first-order valence-electron chi connectivity index (χ1n) is 8.88. The molecular formula is C20H20N2O5S. The van der Waals surface area contributed by atoms with Gasteiger partial charge in [0.25, 0.3) is 5.91 Å². The minimum atomic E-state index is -0.341. The molecule has 0 fully saturated rings. The third-order valence-electron chi connectivity index (χ3n) is 4.49. The largest absolute Gasteiger partial charge is 0.493 e. The van der Waals surface area contributed by atoms with E-state index < -0.39 is 0 Å². The highest BCUT2D eigenvalue weighted by Crippen LogP contribution is 2.35.